The molecule has 2 N–H and O–H groups in total. The highest BCUT2D eigenvalue weighted by Gasteiger charge is 2.18. The van der Waals surface area contributed by atoms with Gasteiger partial charge in [0.15, 0.2) is 0 Å². The Labute approximate surface area is 109 Å². The molecule has 0 amide bonds. The van der Waals surface area contributed by atoms with Gasteiger partial charge in [-0.05, 0) is 37.8 Å². The van der Waals surface area contributed by atoms with E-state index in [2.05, 4.69) is 33.5 Å². The molecular formula is C13H25N5. The Hall–Kier alpha value is -0.940. The Bertz CT molecular complexity index is 360. The second-order valence-corrected chi connectivity index (χ2v) is 5.74. The zero-order chi connectivity index (χ0) is 13.0. The van der Waals surface area contributed by atoms with Gasteiger partial charge in [-0.1, -0.05) is 13.8 Å². The lowest BCUT2D eigenvalue weighted by molar-refractivity contribution is 0.197. The van der Waals surface area contributed by atoms with E-state index in [0.717, 1.165) is 44.5 Å². The van der Waals surface area contributed by atoms with E-state index in [-0.39, 0.29) is 0 Å². The Kier molecular flexibility index (Phi) is 4.72. The van der Waals surface area contributed by atoms with Crippen LogP contribution < -0.4 is 5.73 Å². The van der Waals surface area contributed by atoms with Gasteiger partial charge in [0, 0.05) is 13.1 Å². The van der Waals surface area contributed by atoms with Crippen LogP contribution in [-0.4, -0.2) is 39.3 Å². The van der Waals surface area contributed by atoms with Crippen LogP contribution in [0.15, 0.2) is 6.33 Å². The average molecular weight is 251 g/mol. The summed E-state index contributed by atoms with van der Waals surface area (Å²) in [5, 5.41) is 8.10. The predicted molar refractivity (Wildman–Crippen MR) is 71.9 cm³/mol. The molecule has 2 heterocycles. The molecule has 102 valence electrons. The van der Waals surface area contributed by atoms with Crippen LogP contribution in [0.4, 0.5) is 0 Å². The van der Waals surface area contributed by atoms with Gasteiger partial charge < -0.3 is 10.3 Å². The maximum absolute atomic E-state index is 5.85. The molecule has 0 saturated heterocycles. The van der Waals surface area contributed by atoms with Gasteiger partial charge in [-0.2, -0.15) is 0 Å². The fourth-order valence-corrected chi connectivity index (χ4v) is 2.67. The molecule has 1 unspecified atom stereocenters. The first kappa shape index (κ1) is 13.5. The maximum atomic E-state index is 5.85. The van der Waals surface area contributed by atoms with Gasteiger partial charge in [0.2, 0.25) is 0 Å². The van der Waals surface area contributed by atoms with Crippen LogP contribution in [0.3, 0.4) is 0 Å². The van der Waals surface area contributed by atoms with E-state index in [1.165, 1.54) is 12.8 Å². The normalized spacial score (nSPS) is 18.0. The molecule has 0 aliphatic carbocycles. The molecule has 0 spiro atoms. The summed E-state index contributed by atoms with van der Waals surface area (Å²) in [7, 11) is 0. The maximum Gasteiger partial charge on any atom is 0.147 e. The van der Waals surface area contributed by atoms with Crippen molar-refractivity contribution in [2.24, 2.45) is 17.6 Å². The highest BCUT2D eigenvalue weighted by Crippen LogP contribution is 2.16. The van der Waals surface area contributed by atoms with Gasteiger partial charge >= 0.3 is 0 Å². The van der Waals surface area contributed by atoms with Crippen molar-refractivity contribution in [2.45, 2.75) is 39.8 Å². The van der Waals surface area contributed by atoms with E-state index in [1.54, 1.807) is 0 Å². The van der Waals surface area contributed by atoms with Crippen LogP contribution in [0.1, 0.15) is 32.5 Å². The Morgan fingerprint density at radius 3 is 2.94 bits per heavy atom. The highest BCUT2D eigenvalue weighted by molar-refractivity contribution is 4.89. The van der Waals surface area contributed by atoms with Crippen molar-refractivity contribution in [2.75, 3.05) is 19.6 Å². The number of nitrogens with two attached hydrogens (primary N) is 1. The molecule has 1 aromatic heterocycles. The largest absolute Gasteiger partial charge is 0.330 e. The van der Waals surface area contributed by atoms with Gasteiger partial charge in [0.1, 0.15) is 12.2 Å². The van der Waals surface area contributed by atoms with Crippen molar-refractivity contribution in [3.8, 4) is 0 Å². The molecule has 0 saturated carbocycles. The average Bonchev–Trinajstić information content (AvgIpc) is 2.81. The molecule has 1 atom stereocenters. The smallest absolute Gasteiger partial charge is 0.147 e. The zero-order valence-electron chi connectivity index (χ0n) is 11.5. The van der Waals surface area contributed by atoms with Crippen molar-refractivity contribution in [3.05, 3.63) is 12.2 Å². The number of nitrogens with zero attached hydrogens (tertiary/aromatic N) is 4. The first-order valence-corrected chi connectivity index (χ1v) is 6.98. The molecule has 0 aromatic carbocycles. The minimum absolute atomic E-state index is 0.657. The second-order valence-electron chi connectivity index (χ2n) is 5.74. The van der Waals surface area contributed by atoms with Crippen LogP contribution >= 0.6 is 0 Å². The second kappa shape index (κ2) is 6.29. The summed E-state index contributed by atoms with van der Waals surface area (Å²) < 4.78 is 2.14. The molecule has 5 nitrogen and oxygen atoms in total. The van der Waals surface area contributed by atoms with Gasteiger partial charge in [-0.25, -0.2) is 0 Å². The fourth-order valence-electron chi connectivity index (χ4n) is 2.67. The monoisotopic (exact) mass is 251 g/mol. The Morgan fingerprint density at radius 2 is 2.22 bits per heavy atom. The number of aromatic nitrogens is 3. The first-order chi connectivity index (χ1) is 8.69. The van der Waals surface area contributed by atoms with Gasteiger partial charge in [-0.15, -0.1) is 10.2 Å². The summed E-state index contributed by atoms with van der Waals surface area (Å²) >= 11 is 0. The zero-order valence-corrected chi connectivity index (χ0v) is 11.5. The topological polar surface area (TPSA) is 60.0 Å². The minimum Gasteiger partial charge on any atom is -0.330 e. The van der Waals surface area contributed by atoms with Crippen LogP contribution in [0.2, 0.25) is 0 Å². The van der Waals surface area contributed by atoms with Crippen LogP contribution in [0.5, 0.6) is 0 Å². The lowest BCUT2D eigenvalue weighted by Crippen LogP contribution is -2.35. The summed E-state index contributed by atoms with van der Waals surface area (Å²) in [5.41, 5.74) is 5.85. The van der Waals surface area contributed by atoms with Crippen molar-refractivity contribution in [3.63, 3.8) is 0 Å². The summed E-state index contributed by atoms with van der Waals surface area (Å²) in [6.45, 7) is 9.52. The fraction of sp³-hybridized carbons (Fsp3) is 0.846. The number of rotatable bonds is 6. The third-order valence-electron chi connectivity index (χ3n) is 3.71. The van der Waals surface area contributed by atoms with Crippen molar-refractivity contribution < 1.29 is 0 Å². The standard InChI is InChI=1S/C13H25N5/c1-11(2)7-12(8-14)3-4-17-5-6-18-10-15-16-13(18)9-17/h10-12H,3-9,14H2,1-2H3. The first-order valence-electron chi connectivity index (χ1n) is 6.98. The summed E-state index contributed by atoms with van der Waals surface area (Å²) in [4.78, 5) is 2.47. The SMILES string of the molecule is CC(C)CC(CN)CCN1CCn2cnnc2C1. The van der Waals surface area contributed by atoms with E-state index < -0.39 is 0 Å². The number of fused-ring (bicyclic) bond motifs is 1. The van der Waals surface area contributed by atoms with Crippen molar-refractivity contribution in [1.29, 1.82) is 0 Å². The molecule has 0 radical (unpaired) electrons. The molecule has 0 bridgehead atoms. The van der Waals surface area contributed by atoms with Crippen molar-refractivity contribution in [1.82, 2.24) is 19.7 Å². The predicted octanol–water partition coefficient (Wildman–Crippen LogP) is 1.10. The molecule has 1 aliphatic heterocycles. The van der Waals surface area contributed by atoms with Crippen molar-refractivity contribution >= 4 is 0 Å². The van der Waals surface area contributed by atoms with Gasteiger partial charge in [0.05, 0.1) is 6.54 Å². The van der Waals surface area contributed by atoms with E-state index in [0.29, 0.717) is 5.92 Å². The Morgan fingerprint density at radius 1 is 1.39 bits per heavy atom. The molecule has 1 aromatic rings. The van der Waals surface area contributed by atoms with E-state index in [4.69, 9.17) is 5.73 Å². The lowest BCUT2D eigenvalue weighted by Gasteiger charge is -2.28. The highest BCUT2D eigenvalue weighted by atomic mass is 15.3. The quantitative estimate of drug-likeness (QED) is 0.822. The summed E-state index contributed by atoms with van der Waals surface area (Å²) in [6, 6.07) is 0. The van der Waals surface area contributed by atoms with E-state index >= 15 is 0 Å². The van der Waals surface area contributed by atoms with E-state index in [1.807, 2.05) is 6.33 Å². The molecule has 0 fully saturated rings. The van der Waals surface area contributed by atoms with Crippen LogP contribution in [0, 0.1) is 11.8 Å². The number of hydrogen-bond acceptors (Lipinski definition) is 4. The minimum atomic E-state index is 0.657. The Balaban J connectivity index is 1.77. The molecule has 18 heavy (non-hydrogen) atoms. The third kappa shape index (κ3) is 3.53. The number of hydrogen-bond donors (Lipinski definition) is 1. The molecule has 1 aliphatic rings. The van der Waals surface area contributed by atoms with Crippen LogP contribution in [-0.2, 0) is 13.1 Å². The summed E-state index contributed by atoms with van der Waals surface area (Å²) in [6.07, 6.45) is 4.26. The van der Waals surface area contributed by atoms with Crippen LogP contribution in [0.25, 0.3) is 0 Å². The van der Waals surface area contributed by atoms with E-state index in [9.17, 15) is 0 Å². The van der Waals surface area contributed by atoms with Gasteiger partial charge in [-0.3, -0.25) is 4.90 Å². The third-order valence-corrected chi connectivity index (χ3v) is 3.71. The lowest BCUT2D eigenvalue weighted by atomic mass is 9.94. The summed E-state index contributed by atoms with van der Waals surface area (Å²) in [5.74, 6) is 2.49. The van der Waals surface area contributed by atoms with Gasteiger partial charge in [0.25, 0.3) is 0 Å². The molecular weight excluding hydrogens is 226 g/mol. The molecule has 5 heteroatoms. The molecule has 2 rings (SSSR count).